The minimum Gasteiger partial charge on any atom is -0.493 e. The number of nitrogens with zero attached hydrogens (tertiary/aromatic N) is 2. The Labute approximate surface area is 113 Å². The number of aromatic nitrogens is 2. The largest absolute Gasteiger partial charge is 0.493 e. The van der Waals surface area contributed by atoms with Gasteiger partial charge >= 0.3 is 0 Å². The molecule has 0 amide bonds. The molecule has 19 heavy (non-hydrogen) atoms. The number of fused-ring (bicyclic) bond motifs is 1. The highest BCUT2D eigenvalue weighted by Crippen LogP contribution is 2.31. The molecule has 1 aromatic heterocycles. The second-order valence-corrected chi connectivity index (χ2v) is 4.75. The maximum atomic E-state index is 5.68. The maximum Gasteiger partial charge on any atom is 0.124 e. The van der Waals surface area contributed by atoms with Gasteiger partial charge in [-0.1, -0.05) is 18.2 Å². The summed E-state index contributed by atoms with van der Waals surface area (Å²) in [6.07, 6.45) is 2.87. The zero-order valence-electron chi connectivity index (χ0n) is 11.2. The molecule has 0 bridgehead atoms. The van der Waals surface area contributed by atoms with Crippen molar-refractivity contribution in [3.63, 3.8) is 0 Å². The van der Waals surface area contributed by atoms with E-state index in [0.717, 1.165) is 31.9 Å². The molecular formula is C15H19N3O. The van der Waals surface area contributed by atoms with Crippen LogP contribution >= 0.6 is 0 Å². The Morgan fingerprint density at radius 1 is 1.37 bits per heavy atom. The fourth-order valence-corrected chi connectivity index (χ4v) is 2.58. The molecule has 1 N–H and O–H groups in total. The highest BCUT2D eigenvalue weighted by Gasteiger charge is 2.20. The fraction of sp³-hybridized carbons (Fsp3) is 0.400. The van der Waals surface area contributed by atoms with Crippen molar-refractivity contribution in [1.29, 1.82) is 0 Å². The number of hydrogen-bond donors (Lipinski definition) is 1. The first-order valence-electron chi connectivity index (χ1n) is 6.84. The number of para-hydroxylation sites is 1. The molecule has 2 aromatic rings. The minimum atomic E-state index is 0.366. The molecule has 1 aromatic carbocycles. The van der Waals surface area contributed by atoms with Crippen LogP contribution in [-0.2, 0) is 13.1 Å². The van der Waals surface area contributed by atoms with E-state index in [0.29, 0.717) is 6.04 Å². The molecule has 1 unspecified atom stereocenters. The summed E-state index contributed by atoms with van der Waals surface area (Å²) in [5, 5.41) is 7.91. The molecule has 0 spiro atoms. The number of ether oxygens (including phenoxy) is 1. The van der Waals surface area contributed by atoms with Gasteiger partial charge in [0.25, 0.3) is 0 Å². The van der Waals surface area contributed by atoms with Crippen LogP contribution < -0.4 is 10.1 Å². The van der Waals surface area contributed by atoms with Crippen LogP contribution in [-0.4, -0.2) is 16.4 Å². The molecule has 3 rings (SSSR count). The van der Waals surface area contributed by atoms with E-state index in [1.807, 2.05) is 23.0 Å². The van der Waals surface area contributed by atoms with Crippen LogP contribution in [0.1, 0.15) is 30.6 Å². The van der Waals surface area contributed by atoms with E-state index in [-0.39, 0.29) is 0 Å². The SMILES string of the molecule is CCn1nccc1CNC1CCOc2ccccc21. The molecule has 0 saturated carbocycles. The third kappa shape index (κ3) is 2.49. The summed E-state index contributed by atoms with van der Waals surface area (Å²) in [6.45, 7) is 4.64. The number of rotatable bonds is 4. The first-order chi connectivity index (χ1) is 9.38. The monoisotopic (exact) mass is 257 g/mol. The van der Waals surface area contributed by atoms with Crippen molar-refractivity contribution in [2.75, 3.05) is 6.61 Å². The molecule has 4 heteroatoms. The van der Waals surface area contributed by atoms with Crippen molar-refractivity contribution in [3.8, 4) is 5.75 Å². The first kappa shape index (κ1) is 12.2. The van der Waals surface area contributed by atoms with Gasteiger partial charge in [-0.25, -0.2) is 0 Å². The molecular weight excluding hydrogens is 238 g/mol. The smallest absolute Gasteiger partial charge is 0.124 e. The summed E-state index contributed by atoms with van der Waals surface area (Å²) in [6, 6.07) is 10.7. The van der Waals surface area contributed by atoms with Gasteiger partial charge in [-0.05, 0) is 19.1 Å². The molecule has 100 valence electrons. The fourth-order valence-electron chi connectivity index (χ4n) is 2.58. The lowest BCUT2D eigenvalue weighted by atomic mass is 10.0. The standard InChI is InChI=1S/C15H19N3O/c1-2-18-12(7-9-17-18)11-16-14-8-10-19-15-6-4-3-5-13(14)15/h3-7,9,14,16H,2,8,10-11H2,1H3. The third-order valence-electron chi connectivity index (χ3n) is 3.59. The van der Waals surface area contributed by atoms with Crippen molar-refractivity contribution >= 4 is 0 Å². The van der Waals surface area contributed by atoms with Gasteiger partial charge in [0.05, 0.1) is 12.3 Å². The summed E-state index contributed by atoms with van der Waals surface area (Å²) in [4.78, 5) is 0. The molecule has 0 fully saturated rings. The molecule has 0 saturated heterocycles. The van der Waals surface area contributed by atoms with Crippen molar-refractivity contribution in [3.05, 3.63) is 47.8 Å². The summed E-state index contributed by atoms with van der Waals surface area (Å²) >= 11 is 0. The number of aryl methyl sites for hydroxylation is 1. The van der Waals surface area contributed by atoms with Gasteiger partial charge in [-0.15, -0.1) is 0 Å². The van der Waals surface area contributed by atoms with E-state index < -0.39 is 0 Å². The zero-order chi connectivity index (χ0) is 13.1. The van der Waals surface area contributed by atoms with Crippen LogP contribution in [0.4, 0.5) is 0 Å². The Kier molecular flexibility index (Phi) is 3.51. The van der Waals surface area contributed by atoms with Gasteiger partial charge in [-0.3, -0.25) is 4.68 Å². The average Bonchev–Trinajstić information content (AvgIpc) is 2.92. The molecule has 4 nitrogen and oxygen atoms in total. The predicted molar refractivity (Wildman–Crippen MR) is 74.0 cm³/mol. The average molecular weight is 257 g/mol. The van der Waals surface area contributed by atoms with Crippen LogP contribution in [0.25, 0.3) is 0 Å². The van der Waals surface area contributed by atoms with E-state index >= 15 is 0 Å². The molecule has 2 heterocycles. The summed E-state index contributed by atoms with van der Waals surface area (Å²) in [7, 11) is 0. The summed E-state index contributed by atoms with van der Waals surface area (Å²) in [5.41, 5.74) is 2.49. The highest BCUT2D eigenvalue weighted by atomic mass is 16.5. The lowest BCUT2D eigenvalue weighted by molar-refractivity contribution is 0.251. The van der Waals surface area contributed by atoms with Crippen LogP contribution in [0.3, 0.4) is 0 Å². The number of benzene rings is 1. The van der Waals surface area contributed by atoms with Gasteiger partial charge < -0.3 is 10.1 Å². The second-order valence-electron chi connectivity index (χ2n) is 4.75. The Morgan fingerprint density at radius 3 is 3.16 bits per heavy atom. The van der Waals surface area contributed by atoms with Gasteiger partial charge in [0.2, 0.25) is 0 Å². The molecule has 1 atom stereocenters. The quantitative estimate of drug-likeness (QED) is 0.914. The van der Waals surface area contributed by atoms with E-state index in [2.05, 4.69) is 35.5 Å². The first-order valence-corrected chi connectivity index (χ1v) is 6.84. The predicted octanol–water partition coefficient (Wildman–Crippen LogP) is 2.52. The topological polar surface area (TPSA) is 39.1 Å². The Balaban J connectivity index is 1.71. The summed E-state index contributed by atoms with van der Waals surface area (Å²) < 4.78 is 7.70. The van der Waals surface area contributed by atoms with Gasteiger partial charge in [0, 0.05) is 37.3 Å². The Bertz CT molecular complexity index is 550. The maximum absolute atomic E-state index is 5.68. The zero-order valence-corrected chi connectivity index (χ0v) is 11.2. The number of nitrogens with one attached hydrogen (secondary N) is 1. The van der Waals surface area contributed by atoms with E-state index in [1.54, 1.807) is 0 Å². The van der Waals surface area contributed by atoms with Crippen LogP contribution in [0.15, 0.2) is 36.5 Å². The third-order valence-corrected chi connectivity index (χ3v) is 3.59. The highest BCUT2D eigenvalue weighted by molar-refractivity contribution is 5.37. The van der Waals surface area contributed by atoms with Crippen LogP contribution in [0, 0.1) is 0 Å². The second kappa shape index (κ2) is 5.45. The molecule has 1 aliphatic rings. The van der Waals surface area contributed by atoms with Crippen molar-refractivity contribution in [1.82, 2.24) is 15.1 Å². The minimum absolute atomic E-state index is 0.366. The van der Waals surface area contributed by atoms with Crippen LogP contribution in [0.2, 0.25) is 0 Å². The number of hydrogen-bond acceptors (Lipinski definition) is 3. The van der Waals surface area contributed by atoms with E-state index in [1.165, 1.54) is 11.3 Å². The van der Waals surface area contributed by atoms with Crippen molar-refractivity contribution in [2.24, 2.45) is 0 Å². The van der Waals surface area contributed by atoms with E-state index in [9.17, 15) is 0 Å². The lowest BCUT2D eigenvalue weighted by Gasteiger charge is -2.26. The van der Waals surface area contributed by atoms with Crippen LogP contribution in [0.5, 0.6) is 5.75 Å². The van der Waals surface area contributed by atoms with Gasteiger partial charge in [0.1, 0.15) is 5.75 Å². The van der Waals surface area contributed by atoms with Crippen molar-refractivity contribution in [2.45, 2.75) is 32.5 Å². The lowest BCUT2D eigenvalue weighted by Crippen LogP contribution is -2.27. The Hall–Kier alpha value is -1.81. The van der Waals surface area contributed by atoms with Gasteiger partial charge in [0.15, 0.2) is 0 Å². The van der Waals surface area contributed by atoms with E-state index in [4.69, 9.17) is 4.74 Å². The Morgan fingerprint density at radius 2 is 2.26 bits per heavy atom. The molecule has 1 aliphatic heterocycles. The normalized spacial score (nSPS) is 17.8. The van der Waals surface area contributed by atoms with Crippen molar-refractivity contribution < 1.29 is 4.74 Å². The molecule has 0 radical (unpaired) electrons. The van der Waals surface area contributed by atoms with Gasteiger partial charge in [-0.2, -0.15) is 5.10 Å². The molecule has 0 aliphatic carbocycles. The summed E-state index contributed by atoms with van der Waals surface area (Å²) in [5.74, 6) is 1.01.